The maximum atomic E-state index is 12.0. The summed E-state index contributed by atoms with van der Waals surface area (Å²) < 4.78 is 24.0. The number of hydrogen-bond donors (Lipinski definition) is 1. The molecule has 0 aliphatic carbocycles. The Hall–Kier alpha value is -0.220. The van der Waals surface area contributed by atoms with Crippen molar-refractivity contribution in [2.45, 2.75) is 13.3 Å². The molecule has 0 spiro atoms. The van der Waals surface area contributed by atoms with Crippen molar-refractivity contribution in [1.29, 1.82) is 0 Å². The molecule has 0 aromatic carbocycles. The minimum absolute atomic E-state index is 0.108. The van der Waals surface area contributed by atoms with Crippen LogP contribution in [0.1, 0.15) is 6.92 Å². The highest BCUT2D eigenvalue weighted by Gasteiger charge is 2.24. The van der Waals surface area contributed by atoms with Gasteiger partial charge in [0.25, 0.3) is 6.43 Å². The third-order valence-corrected chi connectivity index (χ3v) is 2.67. The van der Waals surface area contributed by atoms with Gasteiger partial charge in [-0.05, 0) is 32.0 Å². The zero-order chi connectivity index (χ0) is 9.84. The van der Waals surface area contributed by atoms with Crippen molar-refractivity contribution >= 4 is 0 Å². The van der Waals surface area contributed by atoms with Crippen LogP contribution in [0.3, 0.4) is 0 Å². The van der Waals surface area contributed by atoms with E-state index in [4.69, 9.17) is 0 Å². The fraction of sp³-hybridized carbons (Fsp3) is 1.00. The highest BCUT2D eigenvalue weighted by molar-refractivity contribution is 4.79. The van der Waals surface area contributed by atoms with Crippen molar-refractivity contribution in [2.24, 2.45) is 11.8 Å². The van der Waals surface area contributed by atoms with E-state index in [1.165, 1.54) is 0 Å². The topological polar surface area (TPSA) is 15.3 Å². The van der Waals surface area contributed by atoms with Gasteiger partial charge in [0.1, 0.15) is 0 Å². The van der Waals surface area contributed by atoms with Crippen LogP contribution in [-0.4, -0.2) is 44.6 Å². The Bertz CT molecular complexity index is 153. The van der Waals surface area contributed by atoms with E-state index >= 15 is 0 Å². The Morgan fingerprint density at radius 2 is 2.15 bits per heavy atom. The van der Waals surface area contributed by atoms with Crippen LogP contribution >= 0.6 is 0 Å². The Kier molecular flexibility index (Phi) is 4.06. The summed E-state index contributed by atoms with van der Waals surface area (Å²) in [7, 11) is 1.76. The average molecular weight is 192 g/mol. The summed E-state index contributed by atoms with van der Waals surface area (Å²) in [4.78, 5) is 1.72. The molecule has 0 saturated carbocycles. The van der Waals surface area contributed by atoms with E-state index in [1.807, 2.05) is 0 Å². The van der Waals surface area contributed by atoms with Gasteiger partial charge >= 0.3 is 0 Å². The second-order valence-electron chi connectivity index (χ2n) is 4.01. The molecule has 1 rings (SSSR count). The molecule has 1 fully saturated rings. The highest BCUT2D eigenvalue weighted by Crippen LogP contribution is 2.16. The van der Waals surface area contributed by atoms with Gasteiger partial charge in [-0.25, -0.2) is 8.78 Å². The molecule has 1 aliphatic rings. The lowest BCUT2D eigenvalue weighted by molar-refractivity contribution is 0.0916. The molecule has 1 N–H and O–H groups in total. The zero-order valence-electron chi connectivity index (χ0n) is 8.26. The Labute approximate surface area is 78.3 Å². The number of nitrogens with one attached hydrogen (secondary N) is 1. The van der Waals surface area contributed by atoms with Crippen molar-refractivity contribution < 1.29 is 8.78 Å². The summed E-state index contributed by atoms with van der Waals surface area (Å²) in [5, 5.41) is 3.27. The molecule has 2 atom stereocenters. The molecule has 0 bridgehead atoms. The van der Waals surface area contributed by atoms with E-state index in [1.54, 1.807) is 11.9 Å². The van der Waals surface area contributed by atoms with Gasteiger partial charge in [0, 0.05) is 6.54 Å². The van der Waals surface area contributed by atoms with Crippen LogP contribution in [0.15, 0.2) is 0 Å². The van der Waals surface area contributed by atoms with Crippen molar-refractivity contribution in [1.82, 2.24) is 10.2 Å². The molecular formula is C9H18F2N2. The molecule has 1 saturated heterocycles. The van der Waals surface area contributed by atoms with Crippen molar-refractivity contribution in [3.63, 3.8) is 0 Å². The first kappa shape index (κ1) is 10.9. The Morgan fingerprint density at radius 3 is 2.62 bits per heavy atom. The lowest BCUT2D eigenvalue weighted by Gasteiger charge is -2.22. The molecule has 1 heterocycles. The lowest BCUT2D eigenvalue weighted by Crippen LogP contribution is -2.32. The minimum atomic E-state index is -2.21. The van der Waals surface area contributed by atoms with Crippen molar-refractivity contribution in [3.8, 4) is 0 Å². The van der Waals surface area contributed by atoms with Gasteiger partial charge in [0.15, 0.2) is 0 Å². The van der Waals surface area contributed by atoms with Gasteiger partial charge in [0.2, 0.25) is 0 Å². The first-order valence-corrected chi connectivity index (χ1v) is 4.77. The van der Waals surface area contributed by atoms with E-state index in [0.717, 1.165) is 19.6 Å². The average Bonchev–Trinajstić information content (AvgIpc) is 2.34. The molecular weight excluding hydrogens is 174 g/mol. The number of nitrogens with zero attached hydrogens (tertiary/aromatic N) is 1. The monoisotopic (exact) mass is 192 g/mol. The maximum absolute atomic E-state index is 12.0. The summed E-state index contributed by atoms with van der Waals surface area (Å²) in [6.45, 7) is 4.82. The maximum Gasteiger partial charge on any atom is 0.251 e. The molecule has 4 heteroatoms. The summed E-state index contributed by atoms with van der Waals surface area (Å²) in [6.07, 6.45) is -2.21. The predicted octanol–water partition coefficient (Wildman–Crippen LogP) is 1.04. The lowest BCUT2D eigenvalue weighted by atomic mass is 9.98. The minimum Gasteiger partial charge on any atom is -0.316 e. The Balaban J connectivity index is 2.22. The summed E-state index contributed by atoms with van der Waals surface area (Å²) in [5.74, 6) is 1.14. The molecule has 0 aromatic heterocycles. The van der Waals surface area contributed by atoms with Crippen LogP contribution in [0.25, 0.3) is 0 Å². The van der Waals surface area contributed by atoms with Crippen LogP contribution in [0, 0.1) is 11.8 Å². The summed E-state index contributed by atoms with van der Waals surface area (Å²) in [6, 6.07) is 0. The summed E-state index contributed by atoms with van der Waals surface area (Å²) in [5.41, 5.74) is 0. The largest absolute Gasteiger partial charge is 0.316 e. The van der Waals surface area contributed by atoms with Crippen molar-refractivity contribution in [3.05, 3.63) is 0 Å². The molecule has 78 valence electrons. The van der Waals surface area contributed by atoms with Crippen LogP contribution in [0.5, 0.6) is 0 Å². The van der Waals surface area contributed by atoms with Gasteiger partial charge in [-0.15, -0.1) is 0 Å². The molecule has 1 aliphatic heterocycles. The molecule has 13 heavy (non-hydrogen) atoms. The van der Waals surface area contributed by atoms with Crippen LogP contribution in [0.4, 0.5) is 8.78 Å². The molecule has 0 aromatic rings. The van der Waals surface area contributed by atoms with E-state index in [9.17, 15) is 8.78 Å². The first-order chi connectivity index (χ1) is 6.09. The first-order valence-electron chi connectivity index (χ1n) is 4.77. The summed E-state index contributed by atoms with van der Waals surface area (Å²) >= 11 is 0. The molecule has 0 amide bonds. The standard InChI is InChI=1S/C9H18F2N2/c1-7-3-12-4-8(7)5-13(2)6-9(10)11/h7-9,12H,3-6H2,1-2H3. The van der Waals surface area contributed by atoms with Gasteiger partial charge < -0.3 is 10.2 Å². The second kappa shape index (κ2) is 4.86. The highest BCUT2D eigenvalue weighted by atomic mass is 19.3. The number of halogens is 2. The SMILES string of the molecule is CC1CNCC1CN(C)CC(F)F. The van der Waals surface area contributed by atoms with Crippen LogP contribution < -0.4 is 5.32 Å². The fourth-order valence-corrected chi connectivity index (χ4v) is 1.82. The van der Waals surface area contributed by atoms with E-state index < -0.39 is 6.43 Å². The number of rotatable bonds is 4. The van der Waals surface area contributed by atoms with Crippen LogP contribution in [0.2, 0.25) is 0 Å². The van der Waals surface area contributed by atoms with E-state index in [2.05, 4.69) is 12.2 Å². The number of hydrogen-bond acceptors (Lipinski definition) is 2. The normalized spacial score (nSPS) is 29.1. The molecule has 0 radical (unpaired) electrons. The van der Waals surface area contributed by atoms with Crippen molar-refractivity contribution in [2.75, 3.05) is 33.2 Å². The fourth-order valence-electron chi connectivity index (χ4n) is 1.82. The molecule has 2 nitrogen and oxygen atoms in total. The van der Waals surface area contributed by atoms with Gasteiger partial charge in [0.05, 0.1) is 6.54 Å². The third-order valence-electron chi connectivity index (χ3n) is 2.67. The van der Waals surface area contributed by atoms with Gasteiger partial charge in [-0.1, -0.05) is 6.92 Å². The zero-order valence-corrected chi connectivity index (χ0v) is 8.26. The van der Waals surface area contributed by atoms with Crippen LogP contribution in [-0.2, 0) is 0 Å². The van der Waals surface area contributed by atoms with E-state index in [0.29, 0.717) is 11.8 Å². The number of alkyl halides is 2. The second-order valence-corrected chi connectivity index (χ2v) is 4.01. The molecule has 2 unspecified atom stereocenters. The quantitative estimate of drug-likeness (QED) is 0.716. The Morgan fingerprint density at radius 1 is 1.46 bits per heavy atom. The van der Waals surface area contributed by atoms with Gasteiger partial charge in [-0.2, -0.15) is 0 Å². The van der Waals surface area contributed by atoms with Gasteiger partial charge in [-0.3, -0.25) is 0 Å². The predicted molar refractivity (Wildman–Crippen MR) is 49.0 cm³/mol. The third kappa shape index (κ3) is 3.56. The van der Waals surface area contributed by atoms with E-state index in [-0.39, 0.29) is 6.54 Å². The smallest absolute Gasteiger partial charge is 0.251 e.